The molecule has 0 spiro atoms. The van der Waals surface area contributed by atoms with E-state index in [4.69, 9.17) is 22.6 Å². The molecule has 0 aromatic heterocycles. The van der Waals surface area contributed by atoms with Crippen LogP contribution in [0.15, 0.2) is 0 Å². The van der Waals surface area contributed by atoms with Crippen LogP contribution in [0.1, 0.15) is 0 Å². The summed E-state index contributed by atoms with van der Waals surface area (Å²) in [6.07, 6.45) is 0. The lowest BCUT2D eigenvalue weighted by molar-refractivity contribution is -0.133. The first-order chi connectivity index (χ1) is 4.27. The van der Waals surface area contributed by atoms with Gasteiger partial charge in [0.2, 0.25) is 0 Å². The average molecular weight is 237 g/mol. The molecule has 0 rings (SSSR count). The second kappa shape index (κ2) is 5.59. The van der Waals surface area contributed by atoms with Crippen molar-refractivity contribution in [1.29, 1.82) is 0 Å². The molecule has 0 aliphatic carbocycles. The number of hydrogen-bond donors (Lipinski definition) is 3. The van der Waals surface area contributed by atoms with Crippen LogP contribution in [0.4, 0.5) is 0 Å². The van der Waals surface area contributed by atoms with Gasteiger partial charge in [-0.3, -0.25) is 13.9 Å². The number of halogens is 1. The van der Waals surface area contributed by atoms with Crippen LogP contribution in [-0.4, -0.2) is 33.9 Å². The maximum absolute atomic E-state index is 9.32. The van der Waals surface area contributed by atoms with Crippen molar-refractivity contribution < 1.29 is 27.4 Å². The zero-order valence-electron chi connectivity index (χ0n) is 4.56. The van der Waals surface area contributed by atoms with Crippen molar-refractivity contribution in [1.82, 2.24) is 0 Å². The Kier molecular flexibility index (Phi) is 6.99. The Morgan fingerprint density at radius 1 is 1.40 bits per heavy atom. The molecule has 0 radical (unpaired) electrons. The Bertz CT molecular complexity index is 174. The van der Waals surface area contributed by atoms with Crippen molar-refractivity contribution in [3.63, 3.8) is 0 Å². The molecule has 0 saturated carbocycles. The standard InChI is InChI=1S/C2H3BrO2.H2O4S/c3-1-2(4)5;1-5(2,3)4/h1H2,(H,4,5);(H2,1,2,3,4). The summed E-state index contributed by atoms with van der Waals surface area (Å²) in [6.45, 7) is 0. The lowest BCUT2D eigenvalue weighted by Gasteiger charge is -1.70. The fourth-order valence-electron chi connectivity index (χ4n) is 0. The van der Waals surface area contributed by atoms with Gasteiger partial charge in [0.15, 0.2) is 0 Å². The molecule has 0 aromatic carbocycles. The molecular formula is C2H5BrO6S. The molecule has 0 fully saturated rings. The first-order valence-electron chi connectivity index (χ1n) is 1.75. The number of hydrogen-bond acceptors (Lipinski definition) is 3. The molecular weight excluding hydrogens is 232 g/mol. The SMILES string of the molecule is O=C(O)CBr.O=S(=O)(O)O. The predicted molar refractivity (Wildman–Crippen MR) is 35.6 cm³/mol. The maximum Gasteiger partial charge on any atom is 0.394 e. The first-order valence-corrected chi connectivity index (χ1v) is 4.27. The smallest absolute Gasteiger partial charge is 0.394 e. The third kappa shape index (κ3) is 110. The van der Waals surface area contributed by atoms with Crippen molar-refractivity contribution >= 4 is 32.3 Å². The molecule has 0 heterocycles. The van der Waals surface area contributed by atoms with E-state index in [1.165, 1.54) is 0 Å². The fourth-order valence-corrected chi connectivity index (χ4v) is 0. The van der Waals surface area contributed by atoms with E-state index in [9.17, 15) is 4.79 Å². The van der Waals surface area contributed by atoms with E-state index in [1.54, 1.807) is 0 Å². The van der Waals surface area contributed by atoms with Gasteiger partial charge in [0, 0.05) is 0 Å². The molecule has 0 unspecified atom stereocenters. The Morgan fingerprint density at radius 3 is 1.50 bits per heavy atom. The summed E-state index contributed by atoms with van der Waals surface area (Å²) in [4.78, 5) is 9.32. The van der Waals surface area contributed by atoms with Crippen LogP contribution < -0.4 is 0 Å². The van der Waals surface area contributed by atoms with Crippen molar-refractivity contribution in [2.75, 3.05) is 5.33 Å². The molecule has 0 aliphatic rings. The van der Waals surface area contributed by atoms with Gasteiger partial charge < -0.3 is 5.11 Å². The monoisotopic (exact) mass is 236 g/mol. The molecule has 0 saturated heterocycles. The quantitative estimate of drug-likeness (QED) is 0.430. The summed E-state index contributed by atoms with van der Waals surface area (Å²) in [6, 6.07) is 0. The number of rotatable bonds is 1. The van der Waals surface area contributed by atoms with Gasteiger partial charge in [-0.05, 0) is 0 Å². The molecule has 0 aliphatic heterocycles. The molecule has 0 bridgehead atoms. The van der Waals surface area contributed by atoms with E-state index in [-0.39, 0.29) is 5.33 Å². The first kappa shape index (κ1) is 12.5. The average Bonchev–Trinajstić information content (AvgIpc) is 1.61. The van der Waals surface area contributed by atoms with Gasteiger partial charge in [-0.15, -0.1) is 0 Å². The summed E-state index contributed by atoms with van der Waals surface area (Å²) in [5, 5.41) is 7.71. The van der Waals surface area contributed by atoms with Crippen LogP contribution in [0.5, 0.6) is 0 Å². The highest BCUT2D eigenvalue weighted by atomic mass is 79.9. The number of carbonyl (C=O) groups is 1. The minimum atomic E-state index is -4.67. The summed E-state index contributed by atoms with van der Waals surface area (Å²) >= 11 is 2.71. The van der Waals surface area contributed by atoms with Gasteiger partial charge in [0.05, 0.1) is 0 Å². The summed E-state index contributed by atoms with van der Waals surface area (Å²) in [7, 11) is -4.67. The van der Waals surface area contributed by atoms with Gasteiger partial charge in [0.1, 0.15) is 5.33 Å². The highest BCUT2D eigenvalue weighted by Gasteiger charge is 1.84. The largest absolute Gasteiger partial charge is 0.481 e. The predicted octanol–water partition coefficient (Wildman–Crippen LogP) is -0.187. The molecule has 0 atom stereocenters. The Labute approximate surface area is 65.6 Å². The van der Waals surface area contributed by atoms with Crippen molar-refractivity contribution in [2.24, 2.45) is 0 Å². The zero-order chi connectivity index (χ0) is 8.78. The van der Waals surface area contributed by atoms with E-state index in [2.05, 4.69) is 15.9 Å². The number of aliphatic carboxylic acids is 1. The third-order valence-corrected chi connectivity index (χ3v) is 0.594. The van der Waals surface area contributed by atoms with Gasteiger partial charge in [-0.1, -0.05) is 15.9 Å². The van der Waals surface area contributed by atoms with Gasteiger partial charge in [-0.2, -0.15) is 8.42 Å². The minimum absolute atomic E-state index is 0.0347. The van der Waals surface area contributed by atoms with Crippen LogP contribution in [0, 0.1) is 0 Å². The van der Waals surface area contributed by atoms with Gasteiger partial charge >= 0.3 is 16.4 Å². The second-order valence-electron chi connectivity index (χ2n) is 0.975. The maximum atomic E-state index is 9.32. The van der Waals surface area contributed by atoms with Crippen LogP contribution in [0.25, 0.3) is 0 Å². The van der Waals surface area contributed by atoms with E-state index in [1.807, 2.05) is 0 Å². The third-order valence-electron chi connectivity index (χ3n) is 0.114. The zero-order valence-corrected chi connectivity index (χ0v) is 6.96. The molecule has 3 N–H and O–H groups in total. The second-order valence-corrected chi connectivity index (χ2v) is 2.43. The minimum Gasteiger partial charge on any atom is -0.481 e. The van der Waals surface area contributed by atoms with Crippen molar-refractivity contribution in [3.05, 3.63) is 0 Å². The van der Waals surface area contributed by atoms with Crippen LogP contribution >= 0.6 is 15.9 Å². The van der Waals surface area contributed by atoms with E-state index in [0.717, 1.165) is 0 Å². The fraction of sp³-hybridized carbons (Fsp3) is 0.500. The molecule has 6 nitrogen and oxygen atoms in total. The van der Waals surface area contributed by atoms with E-state index >= 15 is 0 Å². The van der Waals surface area contributed by atoms with Crippen molar-refractivity contribution in [2.45, 2.75) is 0 Å². The van der Waals surface area contributed by atoms with E-state index in [0.29, 0.717) is 0 Å². The summed E-state index contributed by atoms with van der Waals surface area (Å²) in [5.74, 6) is -0.829. The Hall–Kier alpha value is -0.180. The van der Waals surface area contributed by atoms with Gasteiger partial charge in [0.25, 0.3) is 0 Å². The molecule has 10 heavy (non-hydrogen) atoms. The Balaban J connectivity index is 0. The lowest BCUT2D eigenvalue weighted by Crippen LogP contribution is -1.92. The lowest BCUT2D eigenvalue weighted by atomic mass is 10.8. The molecule has 62 valence electrons. The summed E-state index contributed by atoms with van der Waals surface area (Å²) < 4.78 is 31.6. The number of alkyl halides is 1. The van der Waals surface area contributed by atoms with E-state index < -0.39 is 16.4 Å². The highest BCUT2D eigenvalue weighted by molar-refractivity contribution is 9.09. The van der Waals surface area contributed by atoms with Crippen LogP contribution in [-0.2, 0) is 15.2 Å². The Morgan fingerprint density at radius 2 is 1.50 bits per heavy atom. The topological polar surface area (TPSA) is 112 Å². The summed E-state index contributed by atoms with van der Waals surface area (Å²) in [5.41, 5.74) is 0. The molecule has 8 heteroatoms. The number of carboxylic acids is 1. The normalized spacial score (nSPS) is 9.50. The molecule has 0 aromatic rings. The molecule has 0 amide bonds. The van der Waals surface area contributed by atoms with Crippen LogP contribution in [0.3, 0.4) is 0 Å². The van der Waals surface area contributed by atoms with Crippen molar-refractivity contribution in [3.8, 4) is 0 Å². The highest BCUT2D eigenvalue weighted by Crippen LogP contribution is 1.73. The van der Waals surface area contributed by atoms with Crippen LogP contribution in [0.2, 0.25) is 0 Å². The van der Waals surface area contributed by atoms with Gasteiger partial charge in [-0.25, -0.2) is 0 Å². The number of carboxylic acid groups (broad SMARTS) is 1.